The Balaban J connectivity index is 1.63. The molecule has 0 bridgehead atoms. The standard InChI is InChI=1S/C21H26N4O4/c1-12(22)15-7-2-3-10-24(15)11-13-5-4-6-14-18(13)21(29)25(20(14)28)16-8-9-17(26)23-19(16)27/h4-6,12,15-16H,2-3,7-11,22H2,1H3,(H,23,26,27). The van der Waals surface area contributed by atoms with Crippen LogP contribution < -0.4 is 11.1 Å². The van der Waals surface area contributed by atoms with E-state index in [0.29, 0.717) is 17.7 Å². The summed E-state index contributed by atoms with van der Waals surface area (Å²) in [6, 6.07) is 4.58. The van der Waals surface area contributed by atoms with Gasteiger partial charge in [0.25, 0.3) is 11.8 Å². The van der Waals surface area contributed by atoms with Crippen molar-refractivity contribution in [3.8, 4) is 0 Å². The van der Waals surface area contributed by atoms with Crippen LogP contribution in [0.2, 0.25) is 0 Å². The molecule has 0 spiro atoms. The van der Waals surface area contributed by atoms with Gasteiger partial charge in [-0.25, -0.2) is 0 Å². The van der Waals surface area contributed by atoms with Gasteiger partial charge in [0.05, 0.1) is 11.1 Å². The summed E-state index contributed by atoms with van der Waals surface area (Å²) >= 11 is 0. The number of nitrogens with zero attached hydrogens (tertiary/aromatic N) is 2. The van der Waals surface area contributed by atoms with Crippen molar-refractivity contribution in [2.24, 2.45) is 5.73 Å². The van der Waals surface area contributed by atoms with E-state index in [4.69, 9.17) is 5.73 Å². The fraction of sp³-hybridized carbons (Fsp3) is 0.524. The Morgan fingerprint density at radius 3 is 2.66 bits per heavy atom. The maximum atomic E-state index is 13.2. The maximum absolute atomic E-state index is 13.2. The molecule has 3 heterocycles. The first-order valence-corrected chi connectivity index (χ1v) is 10.2. The summed E-state index contributed by atoms with van der Waals surface area (Å²) in [5.74, 6) is -1.89. The highest BCUT2D eigenvalue weighted by atomic mass is 16.2. The number of rotatable bonds is 4. The Bertz CT molecular complexity index is 881. The van der Waals surface area contributed by atoms with Crippen LogP contribution in [-0.2, 0) is 16.1 Å². The summed E-state index contributed by atoms with van der Waals surface area (Å²) < 4.78 is 0. The van der Waals surface area contributed by atoms with Gasteiger partial charge in [0.2, 0.25) is 11.8 Å². The normalized spacial score (nSPS) is 26.5. The summed E-state index contributed by atoms with van der Waals surface area (Å²) in [4.78, 5) is 53.2. The van der Waals surface area contributed by atoms with Crippen LogP contribution in [0.5, 0.6) is 0 Å². The molecule has 1 aromatic carbocycles. The molecule has 4 amide bonds. The lowest BCUT2D eigenvalue weighted by Gasteiger charge is -2.38. The predicted octanol–water partition coefficient (Wildman–Crippen LogP) is 0.790. The molecular weight excluding hydrogens is 372 g/mol. The van der Waals surface area contributed by atoms with Crippen LogP contribution in [0.15, 0.2) is 18.2 Å². The van der Waals surface area contributed by atoms with E-state index in [1.807, 2.05) is 13.0 Å². The van der Waals surface area contributed by atoms with E-state index in [2.05, 4.69) is 10.2 Å². The second-order valence-corrected chi connectivity index (χ2v) is 8.18. The number of fused-ring (bicyclic) bond motifs is 1. The molecule has 0 radical (unpaired) electrons. The molecule has 3 atom stereocenters. The number of imide groups is 2. The van der Waals surface area contributed by atoms with Gasteiger partial charge in [-0.05, 0) is 44.4 Å². The Morgan fingerprint density at radius 1 is 1.14 bits per heavy atom. The second-order valence-electron chi connectivity index (χ2n) is 8.18. The van der Waals surface area contributed by atoms with E-state index < -0.39 is 23.8 Å². The third kappa shape index (κ3) is 3.47. The highest BCUT2D eigenvalue weighted by molar-refractivity contribution is 6.24. The second kappa shape index (κ2) is 7.68. The zero-order valence-corrected chi connectivity index (χ0v) is 16.5. The number of amides is 4. The van der Waals surface area contributed by atoms with Crippen molar-refractivity contribution in [2.75, 3.05) is 6.54 Å². The quantitative estimate of drug-likeness (QED) is 0.725. The molecule has 154 valence electrons. The SMILES string of the molecule is CC(N)C1CCCCN1Cc1cccc2c1C(=O)N(C1CCC(=O)NC1=O)C2=O. The van der Waals surface area contributed by atoms with Crippen LogP contribution in [0.3, 0.4) is 0 Å². The highest BCUT2D eigenvalue weighted by Crippen LogP contribution is 2.31. The van der Waals surface area contributed by atoms with Crippen LogP contribution in [0.4, 0.5) is 0 Å². The molecule has 0 saturated carbocycles. The van der Waals surface area contributed by atoms with Crippen molar-refractivity contribution in [3.05, 3.63) is 34.9 Å². The molecule has 3 aliphatic rings. The molecule has 8 nitrogen and oxygen atoms in total. The van der Waals surface area contributed by atoms with Crippen molar-refractivity contribution in [1.82, 2.24) is 15.1 Å². The zero-order chi connectivity index (χ0) is 20.7. The van der Waals surface area contributed by atoms with Gasteiger partial charge in [-0.1, -0.05) is 18.6 Å². The van der Waals surface area contributed by atoms with E-state index >= 15 is 0 Å². The Hall–Kier alpha value is -2.58. The lowest BCUT2D eigenvalue weighted by Crippen LogP contribution is -2.54. The zero-order valence-electron chi connectivity index (χ0n) is 16.5. The van der Waals surface area contributed by atoms with E-state index in [9.17, 15) is 19.2 Å². The highest BCUT2D eigenvalue weighted by Gasteiger charge is 2.45. The molecule has 2 fully saturated rings. The van der Waals surface area contributed by atoms with Gasteiger partial charge in [0.15, 0.2) is 0 Å². The molecular formula is C21H26N4O4. The number of benzene rings is 1. The van der Waals surface area contributed by atoms with Crippen LogP contribution >= 0.6 is 0 Å². The monoisotopic (exact) mass is 398 g/mol. The molecule has 2 saturated heterocycles. The van der Waals surface area contributed by atoms with Crippen molar-refractivity contribution < 1.29 is 19.2 Å². The van der Waals surface area contributed by atoms with Crippen molar-refractivity contribution in [3.63, 3.8) is 0 Å². The summed E-state index contributed by atoms with van der Waals surface area (Å²) in [7, 11) is 0. The third-order valence-corrected chi connectivity index (χ3v) is 6.20. The first-order chi connectivity index (χ1) is 13.9. The minimum atomic E-state index is -0.945. The molecule has 3 aliphatic heterocycles. The lowest BCUT2D eigenvalue weighted by molar-refractivity contribution is -0.136. The van der Waals surface area contributed by atoms with Crippen LogP contribution in [0, 0.1) is 0 Å². The van der Waals surface area contributed by atoms with Gasteiger partial charge < -0.3 is 5.73 Å². The number of nitrogens with two attached hydrogens (primary N) is 1. The number of piperidine rings is 2. The number of hydrogen-bond acceptors (Lipinski definition) is 6. The van der Waals surface area contributed by atoms with Crippen LogP contribution in [0.25, 0.3) is 0 Å². The van der Waals surface area contributed by atoms with Crippen molar-refractivity contribution >= 4 is 23.6 Å². The fourth-order valence-electron chi connectivity index (χ4n) is 4.74. The van der Waals surface area contributed by atoms with E-state index in [1.165, 1.54) is 0 Å². The topological polar surface area (TPSA) is 113 Å². The Morgan fingerprint density at radius 2 is 1.93 bits per heavy atom. The minimum Gasteiger partial charge on any atom is -0.327 e. The van der Waals surface area contributed by atoms with E-state index in [1.54, 1.807) is 12.1 Å². The maximum Gasteiger partial charge on any atom is 0.262 e. The van der Waals surface area contributed by atoms with E-state index in [0.717, 1.165) is 36.3 Å². The molecule has 29 heavy (non-hydrogen) atoms. The average molecular weight is 398 g/mol. The molecule has 3 N–H and O–H groups in total. The lowest BCUT2D eigenvalue weighted by atomic mass is 9.95. The van der Waals surface area contributed by atoms with Gasteiger partial charge in [-0.3, -0.25) is 34.3 Å². The van der Waals surface area contributed by atoms with Gasteiger partial charge >= 0.3 is 0 Å². The number of likely N-dealkylation sites (tertiary alicyclic amines) is 1. The average Bonchev–Trinajstić information content (AvgIpc) is 2.94. The number of hydrogen-bond donors (Lipinski definition) is 2. The Labute approximate surface area is 169 Å². The molecule has 0 aromatic heterocycles. The number of carbonyl (C=O) groups excluding carboxylic acids is 4. The molecule has 8 heteroatoms. The van der Waals surface area contributed by atoms with Crippen molar-refractivity contribution in [2.45, 2.75) is 63.7 Å². The summed E-state index contributed by atoms with van der Waals surface area (Å²) in [5.41, 5.74) is 7.65. The van der Waals surface area contributed by atoms with Crippen molar-refractivity contribution in [1.29, 1.82) is 0 Å². The first-order valence-electron chi connectivity index (χ1n) is 10.2. The van der Waals surface area contributed by atoms with Crippen LogP contribution in [-0.4, -0.2) is 58.1 Å². The van der Waals surface area contributed by atoms with E-state index in [-0.39, 0.29) is 30.8 Å². The predicted molar refractivity (Wildman–Crippen MR) is 105 cm³/mol. The number of nitrogens with one attached hydrogen (secondary N) is 1. The smallest absolute Gasteiger partial charge is 0.262 e. The molecule has 1 aromatic rings. The summed E-state index contributed by atoms with van der Waals surface area (Å²) in [5, 5.41) is 2.23. The first kappa shape index (κ1) is 19.7. The van der Waals surface area contributed by atoms with Gasteiger partial charge in [-0.15, -0.1) is 0 Å². The number of carbonyl (C=O) groups is 4. The van der Waals surface area contributed by atoms with Gasteiger partial charge in [0, 0.05) is 25.0 Å². The minimum absolute atomic E-state index is 0.0179. The fourth-order valence-corrected chi connectivity index (χ4v) is 4.74. The van der Waals surface area contributed by atoms with Gasteiger partial charge in [0.1, 0.15) is 6.04 Å². The third-order valence-electron chi connectivity index (χ3n) is 6.20. The molecule has 0 aliphatic carbocycles. The molecule has 4 rings (SSSR count). The van der Waals surface area contributed by atoms with Gasteiger partial charge in [-0.2, -0.15) is 0 Å². The molecule has 3 unspecified atom stereocenters. The Kier molecular flexibility index (Phi) is 5.23. The van der Waals surface area contributed by atoms with Crippen LogP contribution in [0.1, 0.15) is 65.3 Å². The summed E-state index contributed by atoms with van der Waals surface area (Å²) in [6.07, 6.45) is 3.50. The summed E-state index contributed by atoms with van der Waals surface area (Å²) in [6.45, 7) is 3.43. The largest absolute Gasteiger partial charge is 0.327 e.